The van der Waals surface area contributed by atoms with Crippen LogP contribution in [0.1, 0.15) is 39.2 Å². The third-order valence-corrected chi connectivity index (χ3v) is 4.60. The second-order valence-electron chi connectivity index (χ2n) is 6.96. The van der Waals surface area contributed by atoms with E-state index in [0.717, 1.165) is 32.4 Å². The Morgan fingerprint density at radius 2 is 1.75 bits per heavy atom. The molecule has 1 aromatic rings. The van der Waals surface area contributed by atoms with Crippen LogP contribution in [0.2, 0.25) is 0 Å². The van der Waals surface area contributed by atoms with Gasteiger partial charge in [0.15, 0.2) is 0 Å². The van der Waals surface area contributed by atoms with E-state index in [1.165, 1.54) is 5.56 Å². The topological polar surface area (TPSA) is 61.4 Å². The fraction of sp³-hybridized carbons (Fsp3) is 0.579. The lowest BCUT2D eigenvalue weighted by atomic mass is 9.89. The third kappa shape index (κ3) is 5.64. The number of benzene rings is 1. The molecule has 0 aromatic heterocycles. The smallest absolute Gasteiger partial charge is 0.321 e. The van der Waals surface area contributed by atoms with Crippen molar-refractivity contribution in [2.45, 2.75) is 52.1 Å². The third-order valence-electron chi connectivity index (χ3n) is 4.60. The molecule has 0 spiro atoms. The van der Waals surface area contributed by atoms with Crippen molar-refractivity contribution in [2.75, 3.05) is 13.1 Å². The highest BCUT2D eigenvalue weighted by Gasteiger charge is 2.27. The molecule has 0 bridgehead atoms. The molecule has 1 aliphatic heterocycles. The lowest BCUT2D eigenvalue weighted by molar-refractivity contribution is -0.125. The van der Waals surface area contributed by atoms with Crippen LogP contribution in [0.4, 0.5) is 4.79 Å². The maximum atomic E-state index is 12.2. The van der Waals surface area contributed by atoms with Gasteiger partial charge in [-0.1, -0.05) is 30.3 Å². The van der Waals surface area contributed by atoms with Crippen LogP contribution in [0, 0.1) is 5.92 Å². The van der Waals surface area contributed by atoms with Crippen molar-refractivity contribution in [3.05, 3.63) is 35.9 Å². The Kier molecular flexibility index (Phi) is 6.79. The largest absolute Gasteiger partial charge is 0.336 e. The van der Waals surface area contributed by atoms with Gasteiger partial charge in [0, 0.05) is 6.04 Å². The van der Waals surface area contributed by atoms with Gasteiger partial charge in [-0.15, -0.1) is 0 Å². The minimum Gasteiger partial charge on any atom is -0.336 e. The van der Waals surface area contributed by atoms with Crippen molar-refractivity contribution in [3.8, 4) is 0 Å². The number of carbonyl (C=O) groups is 2. The molecular weight excluding hydrogens is 302 g/mol. The fourth-order valence-corrected chi connectivity index (χ4v) is 3.17. The minimum atomic E-state index is -0.416. The van der Waals surface area contributed by atoms with Crippen LogP contribution in [0.5, 0.6) is 0 Å². The zero-order chi connectivity index (χ0) is 17.5. The van der Waals surface area contributed by atoms with E-state index in [0.29, 0.717) is 5.92 Å². The van der Waals surface area contributed by atoms with Gasteiger partial charge < -0.3 is 5.32 Å². The summed E-state index contributed by atoms with van der Waals surface area (Å²) in [7, 11) is 0. The molecule has 2 rings (SSSR count). The number of hydrogen-bond acceptors (Lipinski definition) is 3. The first kappa shape index (κ1) is 18.5. The van der Waals surface area contributed by atoms with Gasteiger partial charge in [-0.25, -0.2) is 4.79 Å². The van der Waals surface area contributed by atoms with Crippen LogP contribution in [-0.2, 0) is 11.2 Å². The summed E-state index contributed by atoms with van der Waals surface area (Å²) in [4.78, 5) is 26.0. The molecule has 1 fully saturated rings. The molecule has 0 unspecified atom stereocenters. The van der Waals surface area contributed by atoms with Gasteiger partial charge in [0.25, 0.3) is 0 Å². The maximum absolute atomic E-state index is 12.2. The van der Waals surface area contributed by atoms with Crippen molar-refractivity contribution < 1.29 is 9.59 Å². The molecule has 1 aliphatic rings. The van der Waals surface area contributed by atoms with Crippen LogP contribution in [0.15, 0.2) is 30.3 Å². The SMILES string of the molecule is CC(C)NC(=O)NC(=O)[C@H](C)N1CCC(Cc2ccccc2)CC1. The van der Waals surface area contributed by atoms with Gasteiger partial charge in [0.2, 0.25) is 5.91 Å². The van der Waals surface area contributed by atoms with E-state index in [9.17, 15) is 9.59 Å². The Bertz CT molecular complexity index is 537. The molecule has 5 heteroatoms. The molecular formula is C19H29N3O2. The average Bonchev–Trinajstić information content (AvgIpc) is 2.55. The molecule has 0 radical (unpaired) electrons. The summed E-state index contributed by atoms with van der Waals surface area (Å²) in [6.45, 7) is 7.40. The van der Waals surface area contributed by atoms with Gasteiger partial charge in [0.1, 0.15) is 0 Å². The van der Waals surface area contributed by atoms with E-state index in [1.54, 1.807) is 0 Å². The first-order valence-corrected chi connectivity index (χ1v) is 8.85. The number of amides is 3. The van der Waals surface area contributed by atoms with E-state index in [-0.39, 0.29) is 18.0 Å². The normalized spacial score (nSPS) is 17.5. The second kappa shape index (κ2) is 8.83. The lowest BCUT2D eigenvalue weighted by Gasteiger charge is -2.35. The van der Waals surface area contributed by atoms with Crippen molar-refractivity contribution in [3.63, 3.8) is 0 Å². The van der Waals surface area contributed by atoms with Crippen LogP contribution >= 0.6 is 0 Å². The van der Waals surface area contributed by atoms with E-state index >= 15 is 0 Å². The average molecular weight is 331 g/mol. The summed E-state index contributed by atoms with van der Waals surface area (Å²) < 4.78 is 0. The molecule has 5 nitrogen and oxygen atoms in total. The van der Waals surface area contributed by atoms with E-state index < -0.39 is 6.03 Å². The van der Waals surface area contributed by atoms with Crippen molar-refractivity contribution in [2.24, 2.45) is 5.92 Å². The number of piperidine rings is 1. The summed E-state index contributed by atoms with van der Waals surface area (Å²) in [5, 5.41) is 5.11. The first-order valence-electron chi connectivity index (χ1n) is 8.85. The molecule has 1 atom stereocenters. The Labute approximate surface area is 144 Å². The van der Waals surface area contributed by atoms with Gasteiger partial charge >= 0.3 is 6.03 Å². The molecule has 1 aromatic carbocycles. The van der Waals surface area contributed by atoms with Gasteiger partial charge in [-0.05, 0) is 64.6 Å². The van der Waals surface area contributed by atoms with Gasteiger partial charge in [0.05, 0.1) is 6.04 Å². The summed E-state index contributed by atoms with van der Waals surface area (Å²) >= 11 is 0. The monoisotopic (exact) mass is 331 g/mol. The maximum Gasteiger partial charge on any atom is 0.321 e. The Balaban J connectivity index is 1.76. The summed E-state index contributed by atoms with van der Waals surface area (Å²) in [6.07, 6.45) is 3.28. The molecule has 1 heterocycles. The predicted molar refractivity (Wildman–Crippen MR) is 95.7 cm³/mol. The highest BCUT2D eigenvalue weighted by Crippen LogP contribution is 2.22. The summed E-state index contributed by atoms with van der Waals surface area (Å²) in [5.41, 5.74) is 1.38. The van der Waals surface area contributed by atoms with E-state index in [4.69, 9.17) is 0 Å². The number of imide groups is 1. The summed E-state index contributed by atoms with van der Waals surface area (Å²) in [5.74, 6) is 0.442. The van der Waals surface area contributed by atoms with Gasteiger partial charge in [-0.2, -0.15) is 0 Å². The first-order chi connectivity index (χ1) is 11.5. The van der Waals surface area contributed by atoms with Crippen LogP contribution in [0.25, 0.3) is 0 Å². The molecule has 132 valence electrons. The van der Waals surface area contributed by atoms with Crippen molar-refractivity contribution >= 4 is 11.9 Å². The number of hydrogen-bond donors (Lipinski definition) is 2. The van der Waals surface area contributed by atoms with Crippen LogP contribution < -0.4 is 10.6 Å². The molecule has 3 amide bonds. The number of nitrogens with zero attached hydrogens (tertiary/aromatic N) is 1. The van der Waals surface area contributed by atoms with Crippen LogP contribution in [-0.4, -0.2) is 42.0 Å². The second-order valence-corrected chi connectivity index (χ2v) is 6.96. The van der Waals surface area contributed by atoms with Crippen molar-refractivity contribution in [1.82, 2.24) is 15.5 Å². The standard InChI is InChI=1S/C19H29N3O2/c1-14(2)20-19(24)21-18(23)15(3)22-11-9-17(10-12-22)13-16-7-5-4-6-8-16/h4-8,14-15,17H,9-13H2,1-3H3,(H2,20,21,23,24)/t15-/m0/s1. The number of likely N-dealkylation sites (tertiary alicyclic amines) is 1. The number of nitrogens with one attached hydrogen (secondary N) is 2. The molecule has 1 saturated heterocycles. The predicted octanol–water partition coefficient (Wildman–Crippen LogP) is 2.56. The Morgan fingerprint density at radius 1 is 1.12 bits per heavy atom. The Morgan fingerprint density at radius 3 is 2.33 bits per heavy atom. The highest BCUT2D eigenvalue weighted by molar-refractivity contribution is 5.96. The number of carbonyl (C=O) groups excluding carboxylic acids is 2. The fourth-order valence-electron chi connectivity index (χ4n) is 3.17. The summed E-state index contributed by atoms with van der Waals surface area (Å²) in [6, 6.07) is 9.88. The minimum absolute atomic E-state index is 0.0156. The lowest BCUT2D eigenvalue weighted by Crippen LogP contribution is -2.52. The molecule has 2 N–H and O–H groups in total. The molecule has 0 saturated carbocycles. The van der Waals surface area contributed by atoms with Gasteiger partial charge in [-0.3, -0.25) is 15.0 Å². The molecule has 0 aliphatic carbocycles. The van der Waals surface area contributed by atoms with Crippen molar-refractivity contribution in [1.29, 1.82) is 0 Å². The number of urea groups is 1. The molecule has 24 heavy (non-hydrogen) atoms. The Hall–Kier alpha value is -1.88. The zero-order valence-electron chi connectivity index (χ0n) is 14.9. The quantitative estimate of drug-likeness (QED) is 0.872. The highest BCUT2D eigenvalue weighted by atomic mass is 16.2. The van der Waals surface area contributed by atoms with E-state index in [2.05, 4.69) is 39.8 Å². The number of rotatable bonds is 5. The zero-order valence-corrected chi connectivity index (χ0v) is 14.9. The van der Waals surface area contributed by atoms with E-state index in [1.807, 2.05) is 26.8 Å². The van der Waals surface area contributed by atoms with Crippen LogP contribution in [0.3, 0.4) is 0 Å².